The highest BCUT2D eigenvalue weighted by molar-refractivity contribution is 5.69. The summed E-state index contributed by atoms with van der Waals surface area (Å²) in [6.07, 6.45) is 36.2. The van der Waals surface area contributed by atoms with Gasteiger partial charge in [-0.25, -0.2) is 0 Å². The maximum atomic E-state index is 11.9. The van der Waals surface area contributed by atoms with Crippen molar-refractivity contribution in [1.29, 1.82) is 0 Å². The smallest absolute Gasteiger partial charge is 0.305 e. The van der Waals surface area contributed by atoms with Crippen LogP contribution in [-0.2, 0) is 14.3 Å². The molecule has 0 rings (SSSR count). The number of carbonyl (C=O) groups excluding carboxylic acids is 2. The molecule has 0 radical (unpaired) electrons. The monoisotopic (exact) mass is 494 g/mol. The first kappa shape index (κ1) is 34.1. The van der Waals surface area contributed by atoms with Crippen LogP contribution in [0.4, 0.5) is 0 Å². The fourth-order valence-corrected chi connectivity index (χ4v) is 4.82. The lowest BCUT2D eigenvalue weighted by atomic mass is 10.0. The Labute approximate surface area is 219 Å². The van der Waals surface area contributed by atoms with Gasteiger partial charge in [-0.3, -0.25) is 4.79 Å². The normalized spacial score (nSPS) is 11.1. The third-order valence-electron chi connectivity index (χ3n) is 7.21. The van der Waals surface area contributed by atoms with Gasteiger partial charge in [0, 0.05) is 12.8 Å². The van der Waals surface area contributed by atoms with E-state index in [-0.39, 0.29) is 5.97 Å². The van der Waals surface area contributed by atoms with Gasteiger partial charge in [-0.15, -0.1) is 0 Å². The van der Waals surface area contributed by atoms with Gasteiger partial charge in [0.05, 0.1) is 6.61 Å². The van der Waals surface area contributed by atoms with Gasteiger partial charge in [-0.1, -0.05) is 155 Å². The summed E-state index contributed by atoms with van der Waals surface area (Å²) in [4.78, 5) is 22.1. The summed E-state index contributed by atoms with van der Waals surface area (Å²) in [7, 11) is 0. The SMILES string of the molecule is CCCCCCCCCCCCCCCC(=O)OCCCCCCCCCCCCCCCC=O. The van der Waals surface area contributed by atoms with Crippen LogP contribution >= 0.6 is 0 Å². The first-order valence-electron chi connectivity index (χ1n) is 15.9. The molecule has 0 aromatic heterocycles. The molecule has 0 saturated carbocycles. The molecule has 3 heteroatoms. The molecule has 35 heavy (non-hydrogen) atoms. The summed E-state index contributed by atoms with van der Waals surface area (Å²) in [5, 5.41) is 0. The van der Waals surface area contributed by atoms with Crippen LogP contribution in [0.3, 0.4) is 0 Å². The summed E-state index contributed by atoms with van der Waals surface area (Å²) >= 11 is 0. The van der Waals surface area contributed by atoms with E-state index in [9.17, 15) is 9.59 Å². The van der Waals surface area contributed by atoms with Crippen molar-refractivity contribution in [2.75, 3.05) is 6.61 Å². The summed E-state index contributed by atoms with van der Waals surface area (Å²) in [6.45, 7) is 2.89. The van der Waals surface area contributed by atoms with Gasteiger partial charge >= 0.3 is 5.97 Å². The van der Waals surface area contributed by atoms with E-state index in [4.69, 9.17) is 4.74 Å². The molecule has 0 aliphatic carbocycles. The molecule has 0 fully saturated rings. The number of unbranched alkanes of at least 4 members (excludes halogenated alkanes) is 25. The van der Waals surface area contributed by atoms with Gasteiger partial charge in [-0.2, -0.15) is 0 Å². The molecule has 0 aromatic rings. The molecule has 0 unspecified atom stereocenters. The summed E-state index contributed by atoms with van der Waals surface area (Å²) in [5.74, 6) is 0.0109. The maximum Gasteiger partial charge on any atom is 0.305 e. The molecule has 0 amide bonds. The van der Waals surface area contributed by atoms with Crippen molar-refractivity contribution < 1.29 is 14.3 Å². The van der Waals surface area contributed by atoms with E-state index in [0.717, 1.165) is 32.0 Å². The quantitative estimate of drug-likeness (QED) is 0.0566. The maximum absolute atomic E-state index is 11.9. The lowest BCUT2D eigenvalue weighted by Crippen LogP contribution is -2.05. The van der Waals surface area contributed by atoms with E-state index in [1.807, 2.05) is 0 Å². The molecule has 0 aliphatic heterocycles. The van der Waals surface area contributed by atoms with Crippen molar-refractivity contribution in [3.05, 3.63) is 0 Å². The van der Waals surface area contributed by atoms with Gasteiger partial charge < -0.3 is 9.53 Å². The Kier molecular flexibility index (Phi) is 30.4. The van der Waals surface area contributed by atoms with Crippen LogP contribution in [0.5, 0.6) is 0 Å². The van der Waals surface area contributed by atoms with Crippen molar-refractivity contribution in [1.82, 2.24) is 0 Å². The van der Waals surface area contributed by atoms with Crippen LogP contribution in [0.25, 0.3) is 0 Å². The van der Waals surface area contributed by atoms with Gasteiger partial charge in [0.2, 0.25) is 0 Å². The standard InChI is InChI=1S/C32H62O3/c1-2-3-4-5-6-7-8-11-14-17-20-23-26-29-32(34)35-31-28-25-22-19-16-13-10-9-12-15-18-21-24-27-30-33/h30H,2-29,31H2,1H3. The zero-order chi connectivity index (χ0) is 25.5. The first-order valence-corrected chi connectivity index (χ1v) is 15.9. The van der Waals surface area contributed by atoms with E-state index < -0.39 is 0 Å². The molecule has 0 heterocycles. The fraction of sp³-hybridized carbons (Fsp3) is 0.938. The molecule has 0 bridgehead atoms. The van der Waals surface area contributed by atoms with Gasteiger partial charge in [0.15, 0.2) is 0 Å². The lowest BCUT2D eigenvalue weighted by Gasteiger charge is -2.06. The van der Waals surface area contributed by atoms with Gasteiger partial charge in [0.1, 0.15) is 6.29 Å². The Bertz CT molecular complexity index is 421. The van der Waals surface area contributed by atoms with Gasteiger partial charge in [0.25, 0.3) is 0 Å². The minimum absolute atomic E-state index is 0.0109. The predicted molar refractivity (Wildman–Crippen MR) is 152 cm³/mol. The number of carbonyl (C=O) groups is 2. The highest BCUT2D eigenvalue weighted by Gasteiger charge is 2.02. The number of esters is 1. The topological polar surface area (TPSA) is 43.4 Å². The first-order chi connectivity index (χ1) is 17.3. The van der Waals surface area contributed by atoms with E-state index >= 15 is 0 Å². The fourth-order valence-electron chi connectivity index (χ4n) is 4.82. The molecular formula is C32H62O3. The zero-order valence-electron chi connectivity index (χ0n) is 23.8. The van der Waals surface area contributed by atoms with Crippen LogP contribution < -0.4 is 0 Å². The minimum Gasteiger partial charge on any atom is -0.466 e. The highest BCUT2D eigenvalue weighted by Crippen LogP contribution is 2.14. The van der Waals surface area contributed by atoms with E-state index in [2.05, 4.69) is 6.92 Å². The third-order valence-corrected chi connectivity index (χ3v) is 7.21. The second-order valence-electron chi connectivity index (χ2n) is 10.8. The summed E-state index contributed by atoms with van der Waals surface area (Å²) in [5.41, 5.74) is 0. The van der Waals surface area contributed by atoms with Crippen LogP contribution in [0.1, 0.15) is 187 Å². The van der Waals surface area contributed by atoms with Crippen molar-refractivity contribution in [3.63, 3.8) is 0 Å². The van der Waals surface area contributed by atoms with Crippen molar-refractivity contribution in [2.45, 2.75) is 187 Å². The van der Waals surface area contributed by atoms with Crippen molar-refractivity contribution in [3.8, 4) is 0 Å². The van der Waals surface area contributed by atoms with E-state index in [0.29, 0.717) is 13.0 Å². The molecule has 0 saturated heterocycles. The molecule has 3 nitrogen and oxygen atoms in total. The summed E-state index contributed by atoms with van der Waals surface area (Å²) in [6, 6.07) is 0. The Balaban J connectivity index is 3.14. The predicted octanol–water partition coefficient (Wildman–Crippen LogP) is 10.7. The summed E-state index contributed by atoms with van der Waals surface area (Å²) < 4.78 is 5.41. The second kappa shape index (κ2) is 31.2. The number of hydrogen-bond donors (Lipinski definition) is 0. The molecule has 208 valence electrons. The number of rotatable bonds is 30. The van der Waals surface area contributed by atoms with Crippen molar-refractivity contribution in [2.24, 2.45) is 0 Å². The number of aldehydes is 1. The average molecular weight is 495 g/mol. The van der Waals surface area contributed by atoms with Crippen LogP contribution in [0.15, 0.2) is 0 Å². The van der Waals surface area contributed by atoms with E-state index in [1.54, 1.807) is 0 Å². The number of hydrogen-bond acceptors (Lipinski definition) is 3. The minimum atomic E-state index is 0.0109. The zero-order valence-corrected chi connectivity index (χ0v) is 23.8. The average Bonchev–Trinajstić information content (AvgIpc) is 2.86. The van der Waals surface area contributed by atoms with Gasteiger partial charge in [-0.05, 0) is 19.3 Å². The van der Waals surface area contributed by atoms with Crippen LogP contribution in [0.2, 0.25) is 0 Å². The molecule has 0 N–H and O–H groups in total. The third kappa shape index (κ3) is 31.1. The molecule has 0 atom stereocenters. The second-order valence-corrected chi connectivity index (χ2v) is 10.8. The highest BCUT2D eigenvalue weighted by atomic mass is 16.5. The van der Waals surface area contributed by atoms with Crippen LogP contribution in [0, 0.1) is 0 Å². The molecule has 0 spiro atoms. The van der Waals surface area contributed by atoms with E-state index in [1.165, 1.54) is 148 Å². The molecular weight excluding hydrogens is 432 g/mol. The van der Waals surface area contributed by atoms with Crippen LogP contribution in [-0.4, -0.2) is 18.9 Å². The molecule has 0 aliphatic rings. The number of ether oxygens (including phenoxy) is 1. The largest absolute Gasteiger partial charge is 0.466 e. The Hall–Kier alpha value is -0.860. The van der Waals surface area contributed by atoms with Crippen molar-refractivity contribution >= 4 is 12.3 Å². The Morgan fingerprint density at radius 1 is 0.486 bits per heavy atom. The Morgan fingerprint density at radius 2 is 0.829 bits per heavy atom. The lowest BCUT2D eigenvalue weighted by molar-refractivity contribution is -0.143. The Morgan fingerprint density at radius 3 is 1.23 bits per heavy atom. The molecule has 0 aromatic carbocycles.